The van der Waals surface area contributed by atoms with Crippen LogP contribution >= 0.6 is 11.6 Å². The fraction of sp³-hybridized carbons (Fsp3) is 0.533. The third-order valence-corrected chi connectivity index (χ3v) is 2.99. The molecule has 0 saturated heterocycles. The van der Waals surface area contributed by atoms with Gasteiger partial charge < -0.3 is 14.2 Å². The average Bonchev–Trinajstić information content (AvgIpc) is 2.45. The molecule has 0 amide bonds. The van der Waals surface area contributed by atoms with Crippen molar-refractivity contribution in [2.45, 2.75) is 26.2 Å². The van der Waals surface area contributed by atoms with Gasteiger partial charge in [-0.2, -0.15) is 0 Å². The quantitative estimate of drug-likeness (QED) is 0.515. The molecular formula is C15H21ClO4. The zero-order valence-corrected chi connectivity index (χ0v) is 12.7. The molecule has 5 heteroatoms. The minimum Gasteiger partial charge on any atom is -0.492 e. The lowest BCUT2D eigenvalue weighted by Gasteiger charge is -2.09. The standard InChI is InChI=1S/C15H21ClO4/c1-3-4-5-8-19-14-7-6-12(11-13(14)16)15(17)20-10-9-18-2/h6-7,11H,3-5,8-10H2,1-2H3. The molecule has 0 unspecified atom stereocenters. The van der Waals surface area contributed by atoms with Gasteiger partial charge in [0.25, 0.3) is 0 Å². The number of methoxy groups -OCH3 is 1. The van der Waals surface area contributed by atoms with Crippen LogP contribution in [0.15, 0.2) is 18.2 Å². The predicted octanol–water partition coefficient (Wildman–Crippen LogP) is 3.71. The fourth-order valence-corrected chi connectivity index (χ4v) is 1.82. The van der Waals surface area contributed by atoms with E-state index in [2.05, 4.69) is 6.92 Å². The minimum absolute atomic E-state index is 0.224. The van der Waals surface area contributed by atoms with Crippen molar-refractivity contribution in [3.8, 4) is 5.75 Å². The first-order valence-electron chi connectivity index (χ1n) is 6.77. The van der Waals surface area contributed by atoms with Gasteiger partial charge in [0.1, 0.15) is 12.4 Å². The first kappa shape index (κ1) is 16.8. The lowest BCUT2D eigenvalue weighted by Crippen LogP contribution is -2.10. The Morgan fingerprint density at radius 3 is 2.65 bits per heavy atom. The Kier molecular flexibility index (Phi) is 8.07. The van der Waals surface area contributed by atoms with Gasteiger partial charge in [0.15, 0.2) is 0 Å². The molecule has 0 spiro atoms. The molecule has 0 N–H and O–H groups in total. The number of benzene rings is 1. The number of hydrogen-bond donors (Lipinski definition) is 0. The van der Waals surface area contributed by atoms with E-state index in [1.54, 1.807) is 25.3 Å². The average molecular weight is 301 g/mol. The van der Waals surface area contributed by atoms with Crippen molar-refractivity contribution in [1.29, 1.82) is 0 Å². The Morgan fingerprint density at radius 1 is 1.20 bits per heavy atom. The molecule has 0 aliphatic carbocycles. The molecule has 0 aromatic heterocycles. The van der Waals surface area contributed by atoms with Gasteiger partial charge in [-0.05, 0) is 24.6 Å². The summed E-state index contributed by atoms with van der Waals surface area (Å²) >= 11 is 6.09. The van der Waals surface area contributed by atoms with E-state index in [0.717, 1.165) is 19.3 Å². The smallest absolute Gasteiger partial charge is 0.338 e. The highest BCUT2D eigenvalue weighted by molar-refractivity contribution is 6.32. The van der Waals surface area contributed by atoms with Crippen molar-refractivity contribution in [1.82, 2.24) is 0 Å². The number of rotatable bonds is 9. The number of unbranched alkanes of at least 4 members (excludes halogenated alkanes) is 2. The maximum Gasteiger partial charge on any atom is 0.338 e. The Hall–Kier alpha value is -1.26. The summed E-state index contributed by atoms with van der Waals surface area (Å²) < 4.78 is 15.4. The molecule has 0 aliphatic rings. The van der Waals surface area contributed by atoms with Crippen LogP contribution in [0.4, 0.5) is 0 Å². The van der Waals surface area contributed by atoms with E-state index in [-0.39, 0.29) is 6.61 Å². The first-order chi connectivity index (χ1) is 9.69. The number of carbonyl (C=O) groups is 1. The van der Waals surface area contributed by atoms with E-state index in [0.29, 0.717) is 29.5 Å². The summed E-state index contributed by atoms with van der Waals surface area (Å²) in [5, 5.41) is 0.419. The summed E-state index contributed by atoms with van der Waals surface area (Å²) in [5.74, 6) is 0.178. The highest BCUT2D eigenvalue weighted by Gasteiger charge is 2.10. The second-order valence-electron chi connectivity index (χ2n) is 4.33. The van der Waals surface area contributed by atoms with Crippen LogP contribution in [0.5, 0.6) is 5.75 Å². The van der Waals surface area contributed by atoms with Crippen LogP contribution in [0.2, 0.25) is 5.02 Å². The minimum atomic E-state index is -0.415. The number of hydrogen-bond acceptors (Lipinski definition) is 4. The monoisotopic (exact) mass is 300 g/mol. The lowest BCUT2D eigenvalue weighted by atomic mass is 10.2. The SMILES string of the molecule is CCCCCOc1ccc(C(=O)OCCOC)cc1Cl. The van der Waals surface area contributed by atoms with Gasteiger partial charge in [0, 0.05) is 7.11 Å². The molecule has 0 bridgehead atoms. The molecule has 0 fully saturated rings. The molecule has 0 aliphatic heterocycles. The zero-order chi connectivity index (χ0) is 14.8. The molecule has 1 aromatic rings. The topological polar surface area (TPSA) is 44.8 Å². The molecule has 1 aromatic carbocycles. The third kappa shape index (κ3) is 5.80. The highest BCUT2D eigenvalue weighted by Crippen LogP contribution is 2.26. The molecule has 20 heavy (non-hydrogen) atoms. The summed E-state index contributed by atoms with van der Waals surface area (Å²) in [5.41, 5.74) is 0.409. The van der Waals surface area contributed by atoms with Gasteiger partial charge in [-0.25, -0.2) is 4.79 Å². The van der Waals surface area contributed by atoms with E-state index in [4.69, 9.17) is 25.8 Å². The summed E-state index contributed by atoms with van der Waals surface area (Å²) in [7, 11) is 1.55. The highest BCUT2D eigenvalue weighted by atomic mass is 35.5. The normalized spacial score (nSPS) is 10.3. The van der Waals surface area contributed by atoms with Crippen LogP contribution in [0, 0.1) is 0 Å². The zero-order valence-electron chi connectivity index (χ0n) is 12.0. The van der Waals surface area contributed by atoms with Gasteiger partial charge in [-0.3, -0.25) is 0 Å². The van der Waals surface area contributed by atoms with Crippen molar-refractivity contribution >= 4 is 17.6 Å². The second kappa shape index (κ2) is 9.61. The largest absolute Gasteiger partial charge is 0.492 e. The molecule has 0 saturated carbocycles. The summed E-state index contributed by atoms with van der Waals surface area (Å²) in [6.45, 7) is 3.36. The van der Waals surface area contributed by atoms with E-state index in [1.165, 1.54) is 0 Å². The van der Waals surface area contributed by atoms with Gasteiger partial charge in [0.05, 0.1) is 23.8 Å². The first-order valence-corrected chi connectivity index (χ1v) is 7.15. The molecule has 4 nitrogen and oxygen atoms in total. The fourth-order valence-electron chi connectivity index (χ4n) is 1.58. The van der Waals surface area contributed by atoms with Crippen LogP contribution in [-0.2, 0) is 9.47 Å². The van der Waals surface area contributed by atoms with E-state index >= 15 is 0 Å². The van der Waals surface area contributed by atoms with Crippen LogP contribution in [0.25, 0.3) is 0 Å². The van der Waals surface area contributed by atoms with Gasteiger partial charge in [-0.1, -0.05) is 31.4 Å². The number of halogens is 1. The summed E-state index contributed by atoms with van der Waals surface area (Å²) in [6, 6.07) is 4.91. The number of esters is 1. The van der Waals surface area contributed by atoms with Gasteiger partial charge in [0.2, 0.25) is 0 Å². The summed E-state index contributed by atoms with van der Waals surface area (Å²) in [6.07, 6.45) is 3.26. The second-order valence-corrected chi connectivity index (χ2v) is 4.74. The molecular weight excluding hydrogens is 280 g/mol. The van der Waals surface area contributed by atoms with Crippen LogP contribution in [0.3, 0.4) is 0 Å². The van der Waals surface area contributed by atoms with Crippen molar-refractivity contribution in [2.75, 3.05) is 26.9 Å². The number of ether oxygens (including phenoxy) is 3. The predicted molar refractivity (Wildman–Crippen MR) is 78.6 cm³/mol. The Bertz CT molecular complexity index is 420. The van der Waals surface area contributed by atoms with Gasteiger partial charge in [-0.15, -0.1) is 0 Å². The molecule has 0 atom stereocenters. The van der Waals surface area contributed by atoms with Crippen molar-refractivity contribution in [3.63, 3.8) is 0 Å². The lowest BCUT2D eigenvalue weighted by molar-refractivity contribution is 0.0388. The van der Waals surface area contributed by atoms with E-state index < -0.39 is 5.97 Å². The van der Waals surface area contributed by atoms with Crippen LogP contribution < -0.4 is 4.74 Å². The van der Waals surface area contributed by atoms with Gasteiger partial charge >= 0.3 is 5.97 Å². The van der Waals surface area contributed by atoms with E-state index in [9.17, 15) is 4.79 Å². The van der Waals surface area contributed by atoms with Crippen molar-refractivity contribution < 1.29 is 19.0 Å². The van der Waals surface area contributed by atoms with Crippen LogP contribution in [0.1, 0.15) is 36.5 Å². The summed E-state index contributed by atoms with van der Waals surface area (Å²) in [4.78, 5) is 11.7. The Labute approximate surface area is 125 Å². The third-order valence-electron chi connectivity index (χ3n) is 2.69. The van der Waals surface area contributed by atoms with E-state index in [1.807, 2.05) is 0 Å². The molecule has 1 rings (SSSR count). The van der Waals surface area contributed by atoms with Crippen LogP contribution in [-0.4, -0.2) is 32.9 Å². The maximum absolute atomic E-state index is 11.7. The molecule has 112 valence electrons. The Morgan fingerprint density at radius 2 is 2.00 bits per heavy atom. The van der Waals surface area contributed by atoms with Crippen molar-refractivity contribution in [3.05, 3.63) is 28.8 Å². The molecule has 0 heterocycles. The Balaban J connectivity index is 2.51. The molecule has 0 radical (unpaired) electrons. The van der Waals surface area contributed by atoms with Crippen molar-refractivity contribution in [2.24, 2.45) is 0 Å². The number of carbonyl (C=O) groups excluding carboxylic acids is 1. The maximum atomic E-state index is 11.7.